The van der Waals surface area contributed by atoms with Crippen LogP contribution in [0.3, 0.4) is 0 Å². The minimum absolute atomic E-state index is 0. The second kappa shape index (κ2) is 13.4. The van der Waals surface area contributed by atoms with Gasteiger partial charge in [0.1, 0.15) is 5.82 Å². The number of nitrogens with one attached hydrogen (secondary N) is 2. The van der Waals surface area contributed by atoms with E-state index in [1.54, 1.807) is 19.2 Å². The third-order valence-electron chi connectivity index (χ3n) is 5.58. The van der Waals surface area contributed by atoms with Crippen LogP contribution in [0.25, 0.3) is 0 Å². The molecule has 1 atom stereocenters. The third kappa shape index (κ3) is 7.99. The van der Waals surface area contributed by atoms with Gasteiger partial charge in [-0.1, -0.05) is 18.6 Å². The van der Waals surface area contributed by atoms with Crippen molar-refractivity contribution in [2.45, 2.75) is 25.3 Å². The maximum atomic E-state index is 13.8. The lowest BCUT2D eigenvalue weighted by atomic mass is 10.0. The van der Waals surface area contributed by atoms with Gasteiger partial charge in [-0.3, -0.25) is 9.89 Å². The highest BCUT2D eigenvalue weighted by Gasteiger charge is 2.23. The maximum absolute atomic E-state index is 13.8. The molecule has 0 bridgehead atoms. The van der Waals surface area contributed by atoms with E-state index < -0.39 is 0 Å². The number of likely N-dealkylation sites (tertiary alicyclic amines) is 1. The first kappa shape index (κ1) is 24.3. The molecule has 2 aliphatic heterocycles. The first-order valence-electron chi connectivity index (χ1n) is 10.5. The molecular formula is C21H35FIN5O. The van der Waals surface area contributed by atoms with Crippen LogP contribution < -0.4 is 10.6 Å². The van der Waals surface area contributed by atoms with Crippen molar-refractivity contribution in [1.29, 1.82) is 0 Å². The van der Waals surface area contributed by atoms with E-state index in [1.807, 2.05) is 6.07 Å². The van der Waals surface area contributed by atoms with Gasteiger partial charge >= 0.3 is 0 Å². The maximum Gasteiger partial charge on any atom is 0.191 e. The van der Waals surface area contributed by atoms with Crippen LogP contribution in [0.5, 0.6) is 0 Å². The predicted octanol–water partition coefficient (Wildman–Crippen LogP) is 2.47. The molecule has 2 N–H and O–H groups in total. The standard InChI is InChI=1S/C21H34FN5O.HI/c1-23-21(24-8-11-26-9-3-2-4-10-26)25-17-20(27-12-14-28-15-13-27)18-6-5-7-19(22)16-18;/h5-7,16,20H,2-4,8-15,17H2,1H3,(H2,23,24,25);1H. The summed E-state index contributed by atoms with van der Waals surface area (Å²) in [7, 11) is 1.79. The molecule has 29 heavy (non-hydrogen) atoms. The molecule has 2 saturated heterocycles. The van der Waals surface area contributed by atoms with Crippen molar-refractivity contribution in [3.63, 3.8) is 0 Å². The molecule has 2 heterocycles. The molecule has 2 fully saturated rings. The number of piperidine rings is 1. The Hall–Kier alpha value is -0.970. The van der Waals surface area contributed by atoms with Gasteiger partial charge in [-0.15, -0.1) is 24.0 Å². The summed E-state index contributed by atoms with van der Waals surface area (Å²) in [6.07, 6.45) is 3.97. The second-order valence-corrected chi connectivity index (χ2v) is 7.50. The van der Waals surface area contributed by atoms with Crippen LogP contribution in [0.1, 0.15) is 30.9 Å². The van der Waals surface area contributed by atoms with E-state index in [1.165, 1.54) is 38.4 Å². The van der Waals surface area contributed by atoms with Crippen LogP contribution in [0.2, 0.25) is 0 Å². The van der Waals surface area contributed by atoms with Gasteiger partial charge in [0.15, 0.2) is 5.96 Å². The number of aliphatic imine (C=N–C) groups is 1. The van der Waals surface area contributed by atoms with Crippen LogP contribution in [-0.4, -0.2) is 81.8 Å². The molecule has 0 radical (unpaired) electrons. The highest BCUT2D eigenvalue weighted by atomic mass is 127. The van der Waals surface area contributed by atoms with Crippen molar-refractivity contribution < 1.29 is 9.13 Å². The zero-order valence-corrected chi connectivity index (χ0v) is 19.7. The Bertz CT molecular complexity index is 621. The van der Waals surface area contributed by atoms with Gasteiger partial charge < -0.3 is 20.3 Å². The first-order valence-corrected chi connectivity index (χ1v) is 10.5. The average molecular weight is 519 g/mol. The largest absolute Gasteiger partial charge is 0.379 e. The van der Waals surface area contributed by atoms with Gasteiger partial charge in [0, 0.05) is 39.8 Å². The fourth-order valence-corrected chi connectivity index (χ4v) is 3.99. The second-order valence-electron chi connectivity index (χ2n) is 7.50. The van der Waals surface area contributed by atoms with Gasteiger partial charge in [0.05, 0.1) is 19.3 Å². The van der Waals surface area contributed by atoms with Gasteiger partial charge in [-0.25, -0.2) is 4.39 Å². The number of rotatable bonds is 7. The number of hydrogen-bond acceptors (Lipinski definition) is 4. The minimum Gasteiger partial charge on any atom is -0.379 e. The molecule has 0 aliphatic carbocycles. The molecule has 0 spiro atoms. The predicted molar refractivity (Wildman–Crippen MR) is 127 cm³/mol. The van der Waals surface area contributed by atoms with Crippen LogP contribution in [0.15, 0.2) is 29.3 Å². The van der Waals surface area contributed by atoms with Gasteiger partial charge in [-0.2, -0.15) is 0 Å². The molecule has 164 valence electrons. The molecule has 8 heteroatoms. The summed E-state index contributed by atoms with van der Waals surface area (Å²) in [4.78, 5) is 9.22. The summed E-state index contributed by atoms with van der Waals surface area (Å²) >= 11 is 0. The van der Waals surface area contributed by atoms with Crippen molar-refractivity contribution in [1.82, 2.24) is 20.4 Å². The summed E-state index contributed by atoms with van der Waals surface area (Å²) in [6.45, 7) is 8.13. The topological polar surface area (TPSA) is 52.1 Å². The lowest BCUT2D eigenvalue weighted by Gasteiger charge is -2.35. The average Bonchev–Trinajstić information content (AvgIpc) is 2.74. The summed E-state index contributed by atoms with van der Waals surface area (Å²) in [5.41, 5.74) is 0.984. The summed E-state index contributed by atoms with van der Waals surface area (Å²) in [5.74, 6) is 0.603. The van der Waals surface area contributed by atoms with E-state index >= 15 is 0 Å². The Labute approximate surface area is 191 Å². The lowest BCUT2D eigenvalue weighted by Crippen LogP contribution is -2.47. The molecule has 0 aromatic heterocycles. The molecular weight excluding hydrogens is 484 g/mol. The highest BCUT2D eigenvalue weighted by Crippen LogP contribution is 2.22. The van der Waals surface area contributed by atoms with Gasteiger partial charge in [0.2, 0.25) is 0 Å². The molecule has 1 unspecified atom stereocenters. The molecule has 3 rings (SSSR count). The fraction of sp³-hybridized carbons (Fsp3) is 0.667. The van der Waals surface area contributed by atoms with Gasteiger partial charge in [0.25, 0.3) is 0 Å². The first-order chi connectivity index (χ1) is 13.8. The Morgan fingerprint density at radius 1 is 1.14 bits per heavy atom. The van der Waals surface area contributed by atoms with Crippen molar-refractivity contribution in [2.75, 3.05) is 66.1 Å². The minimum atomic E-state index is -0.195. The van der Waals surface area contributed by atoms with E-state index in [4.69, 9.17) is 4.74 Å². The molecule has 2 aliphatic rings. The number of morpholine rings is 1. The SMILES string of the molecule is CN=C(NCCN1CCCCC1)NCC(c1cccc(F)c1)N1CCOCC1.I. The molecule has 0 amide bonds. The quantitative estimate of drug-likeness (QED) is 0.330. The van der Waals surface area contributed by atoms with Crippen molar-refractivity contribution in [3.05, 3.63) is 35.6 Å². The highest BCUT2D eigenvalue weighted by molar-refractivity contribution is 14.0. The molecule has 6 nitrogen and oxygen atoms in total. The number of benzene rings is 1. The number of nitrogens with zero attached hydrogens (tertiary/aromatic N) is 3. The van der Waals surface area contributed by atoms with Crippen LogP contribution in [0.4, 0.5) is 4.39 Å². The van der Waals surface area contributed by atoms with E-state index in [-0.39, 0.29) is 35.8 Å². The van der Waals surface area contributed by atoms with Crippen LogP contribution in [0, 0.1) is 5.82 Å². The van der Waals surface area contributed by atoms with E-state index in [0.717, 1.165) is 37.7 Å². The van der Waals surface area contributed by atoms with Crippen LogP contribution in [-0.2, 0) is 4.74 Å². The zero-order chi connectivity index (χ0) is 19.6. The van der Waals surface area contributed by atoms with Crippen molar-refractivity contribution in [3.8, 4) is 0 Å². The number of hydrogen-bond donors (Lipinski definition) is 2. The smallest absolute Gasteiger partial charge is 0.191 e. The lowest BCUT2D eigenvalue weighted by molar-refractivity contribution is 0.0169. The molecule has 1 aromatic carbocycles. The zero-order valence-electron chi connectivity index (χ0n) is 17.4. The Morgan fingerprint density at radius 3 is 2.59 bits per heavy atom. The normalized spacial score (nSPS) is 20.0. The fourth-order valence-electron chi connectivity index (χ4n) is 3.99. The molecule has 0 saturated carbocycles. The Morgan fingerprint density at radius 2 is 1.90 bits per heavy atom. The van der Waals surface area contributed by atoms with Gasteiger partial charge in [-0.05, 0) is 43.6 Å². The van der Waals surface area contributed by atoms with Crippen LogP contribution >= 0.6 is 24.0 Å². The monoisotopic (exact) mass is 519 g/mol. The number of ether oxygens (including phenoxy) is 1. The summed E-state index contributed by atoms with van der Waals surface area (Å²) in [5, 5.41) is 6.86. The van der Waals surface area contributed by atoms with E-state index in [9.17, 15) is 4.39 Å². The third-order valence-corrected chi connectivity index (χ3v) is 5.58. The van der Waals surface area contributed by atoms with E-state index in [2.05, 4.69) is 25.4 Å². The Kier molecular flexibility index (Phi) is 11.2. The Balaban J connectivity index is 0.00000300. The van der Waals surface area contributed by atoms with Crippen molar-refractivity contribution >= 4 is 29.9 Å². The summed E-state index contributed by atoms with van der Waals surface area (Å²) in [6, 6.07) is 6.99. The molecule has 1 aromatic rings. The number of halogens is 2. The summed E-state index contributed by atoms with van der Waals surface area (Å²) < 4.78 is 19.3. The van der Waals surface area contributed by atoms with Crippen molar-refractivity contribution in [2.24, 2.45) is 4.99 Å². The number of guanidine groups is 1. The van der Waals surface area contributed by atoms with E-state index in [0.29, 0.717) is 19.8 Å².